The second-order valence-corrected chi connectivity index (χ2v) is 7.10. The molecule has 0 radical (unpaired) electrons. The molecular weight excluding hydrogens is 272 g/mol. The highest BCUT2D eigenvalue weighted by Crippen LogP contribution is 2.20. The number of guanidine groups is 1. The Bertz CT molecular complexity index is 334. The van der Waals surface area contributed by atoms with E-state index < -0.39 is 0 Å². The van der Waals surface area contributed by atoms with Crippen molar-refractivity contribution in [2.45, 2.75) is 52.9 Å². The number of aliphatic imine (C=N–C) groups is 1. The third-order valence-electron chi connectivity index (χ3n) is 5.24. The highest BCUT2D eigenvalue weighted by molar-refractivity contribution is 5.80. The lowest BCUT2D eigenvalue weighted by Crippen LogP contribution is -2.46. The van der Waals surface area contributed by atoms with E-state index in [0.29, 0.717) is 0 Å². The predicted molar refractivity (Wildman–Crippen MR) is 95.4 cm³/mol. The van der Waals surface area contributed by atoms with Crippen LogP contribution in [-0.2, 0) is 0 Å². The monoisotopic (exact) mass is 308 g/mol. The van der Waals surface area contributed by atoms with Crippen LogP contribution in [0.15, 0.2) is 4.99 Å². The standard InChI is InChI=1S/C18H36N4/c1-4-19-18(22-12-6-7-16(3)15-22)20-11-8-17-9-13-21(5-2)14-10-17/h16-17H,4-15H2,1-3H3,(H,19,20). The van der Waals surface area contributed by atoms with Crippen LogP contribution >= 0.6 is 0 Å². The fourth-order valence-corrected chi connectivity index (χ4v) is 3.75. The van der Waals surface area contributed by atoms with Crippen LogP contribution in [0.1, 0.15) is 52.9 Å². The van der Waals surface area contributed by atoms with Gasteiger partial charge < -0.3 is 15.1 Å². The molecule has 0 aliphatic carbocycles. The van der Waals surface area contributed by atoms with Crippen LogP contribution in [0.2, 0.25) is 0 Å². The van der Waals surface area contributed by atoms with Crippen molar-refractivity contribution in [3.8, 4) is 0 Å². The van der Waals surface area contributed by atoms with E-state index in [2.05, 4.69) is 35.9 Å². The summed E-state index contributed by atoms with van der Waals surface area (Å²) in [6.07, 6.45) is 6.66. The van der Waals surface area contributed by atoms with E-state index >= 15 is 0 Å². The van der Waals surface area contributed by atoms with Gasteiger partial charge in [0.2, 0.25) is 0 Å². The van der Waals surface area contributed by atoms with E-state index in [0.717, 1.165) is 30.9 Å². The number of hydrogen-bond donors (Lipinski definition) is 1. The second-order valence-electron chi connectivity index (χ2n) is 7.10. The zero-order valence-corrected chi connectivity index (χ0v) is 15.0. The summed E-state index contributed by atoms with van der Waals surface area (Å²) in [5, 5.41) is 3.49. The SMILES string of the molecule is CCNC(=NCCC1CCN(CC)CC1)N1CCCC(C)C1. The van der Waals surface area contributed by atoms with Gasteiger partial charge in [-0.05, 0) is 70.5 Å². The fraction of sp³-hybridized carbons (Fsp3) is 0.944. The van der Waals surface area contributed by atoms with Crippen LogP contribution in [0.5, 0.6) is 0 Å². The van der Waals surface area contributed by atoms with Gasteiger partial charge in [0.1, 0.15) is 0 Å². The van der Waals surface area contributed by atoms with Crippen molar-refractivity contribution < 1.29 is 0 Å². The van der Waals surface area contributed by atoms with Gasteiger partial charge in [0, 0.05) is 26.2 Å². The summed E-state index contributed by atoms with van der Waals surface area (Å²) in [6.45, 7) is 14.9. The summed E-state index contributed by atoms with van der Waals surface area (Å²) in [5.41, 5.74) is 0. The van der Waals surface area contributed by atoms with E-state index in [1.54, 1.807) is 0 Å². The van der Waals surface area contributed by atoms with Crippen LogP contribution in [0.25, 0.3) is 0 Å². The van der Waals surface area contributed by atoms with E-state index in [9.17, 15) is 0 Å². The predicted octanol–water partition coefficient (Wildman–Crippen LogP) is 2.81. The van der Waals surface area contributed by atoms with Gasteiger partial charge in [-0.2, -0.15) is 0 Å². The Morgan fingerprint density at radius 3 is 2.55 bits per heavy atom. The van der Waals surface area contributed by atoms with Crippen LogP contribution in [0.3, 0.4) is 0 Å². The molecule has 1 atom stereocenters. The van der Waals surface area contributed by atoms with Gasteiger partial charge in [-0.1, -0.05) is 13.8 Å². The maximum Gasteiger partial charge on any atom is 0.193 e. The Balaban J connectivity index is 1.77. The smallest absolute Gasteiger partial charge is 0.193 e. The molecule has 0 spiro atoms. The summed E-state index contributed by atoms with van der Waals surface area (Å²) >= 11 is 0. The van der Waals surface area contributed by atoms with Crippen molar-refractivity contribution in [1.82, 2.24) is 15.1 Å². The number of nitrogens with one attached hydrogen (secondary N) is 1. The Morgan fingerprint density at radius 2 is 1.91 bits per heavy atom. The third-order valence-corrected chi connectivity index (χ3v) is 5.24. The zero-order valence-electron chi connectivity index (χ0n) is 15.0. The van der Waals surface area contributed by atoms with Crippen molar-refractivity contribution in [2.75, 3.05) is 45.8 Å². The molecule has 2 aliphatic heterocycles. The van der Waals surface area contributed by atoms with Gasteiger partial charge in [0.15, 0.2) is 5.96 Å². The lowest BCUT2D eigenvalue weighted by Gasteiger charge is -2.34. The lowest BCUT2D eigenvalue weighted by molar-refractivity contribution is 0.188. The fourth-order valence-electron chi connectivity index (χ4n) is 3.75. The minimum atomic E-state index is 0.802. The van der Waals surface area contributed by atoms with Crippen LogP contribution in [0, 0.1) is 11.8 Å². The third kappa shape index (κ3) is 5.45. The largest absolute Gasteiger partial charge is 0.357 e. The van der Waals surface area contributed by atoms with Crippen molar-refractivity contribution in [2.24, 2.45) is 16.8 Å². The first-order valence-electron chi connectivity index (χ1n) is 9.48. The molecule has 4 nitrogen and oxygen atoms in total. The van der Waals surface area contributed by atoms with Gasteiger partial charge in [-0.15, -0.1) is 0 Å². The summed E-state index contributed by atoms with van der Waals surface area (Å²) in [5.74, 6) is 2.84. The lowest BCUT2D eigenvalue weighted by atomic mass is 9.94. The summed E-state index contributed by atoms with van der Waals surface area (Å²) < 4.78 is 0. The molecule has 128 valence electrons. The number of hydrogen-bond acceptors (Lipinski definition) is 2. The number of nitrogens with zero attached hydrogens (tertiary/aromatic N) is 3. The van der Waals surface area contributed by atoms with Crippen molar-refractivity contribution in [3.63, 3.8) is 0 Å². The first-order chi connectivity index (χ1) is 10.7. The molecule has 2 fully saturated rings. The first kappa shape index (κ1) is 17.6. The van der Waals surface area contributed by atoms with E-state index in [1.807, 2.05) is 0 Å². The number of rotatable bonds is 5. The molecule has 2 rings (SSSR count). The van der Waals surface area contributed by atoms with E-state index in [1.165, 1.54) is 64.8 Å². The molecule has 0 aromatic rings. The second kappa shape index (κ2) is 9.39. The quantitative estimate of drug-likeness (QED) is 0.626. The topological polar surface area (TPSA) is 30.9 Å². The molecule has 0 aromatic carbocycles. The van der Waals surface area contributed by atoms with Crippen LogP contribution in [-0.4, -0.2) is 61.6 Å². The molecule has 0 saturated carbocycles. The molecule has 1 N–H and O–H groups in total. The molecule has 2 heterocycles. The Kier molecular flexibility index (Phi) is 7.50. The summed E-state index contributed by atoms with van der Waals surface area (Å²) in [4.78, 5) is 9.96. The molecule has 2 saturated heterocycles. The van der Waals surface area contributed by atoms with Crippen molar-refractivity contribution >= 4 is 5.96 Å². The maximum atomic E-state index is 4.92. The number of likely N-dealkylation sites (tertiary alicyclic amines) is 2. The van der Waals surface area contributed by atoms with E-state index in [-0.39, 0.29) is 0 Å². The van der Waals surface area contributed by atoms with Gasteiger partial charge >= 0.3 is 0 Å². The average Bonchev–Trinajstić information content (AvgIpc) is 2.54. The van der Waals surface area contributed by atoms with Crippen LogP contribution in [0.4, 0.5) is 0 Å². The zero-order chi connectivity index (χ0) is 15.8. The van der Waals surface area contributed by atoms with Crippen LogP contribution < -0.4 is 5.32 Å². The average molecular weight is 309 g/mol. The molecule has 22 heavy (non-hydrogen) atoms. The highest BCUT2D eigenvalue weighted by atomic mass is 15.3. The molecule has 4 heteroatoms. The highest BCUT2D eigenvalue weighted by Gasteiger charge is 2.20. The normalized spacial score (nSPS) is 25.5. The molecule has 0 bridgehead atoms. The van der Waals surface area contributed by atoms with Crippen molar-refractivity contribution in [1.29, 1.82) is 0 Å². The minimum absolute atomic E-state index is 0.802. The molecule has 1 unspecified atom stereocenters. The van der Waals surface area contributed by atoms with Gasteiger partial charge in [0.25, 0.3) is 0 Å². The van der Waals surface area contributed by atoms with Gasteiger partial charge in [-0.25, -0.2) is 0 Å². The van der Waals surface area contributed by atoms with Crippen molar-refractivity contribution in [3.05, 3.63) is 0 Å². The summed E-state index contributed by atoms with van der Waals surface area (Å²) in [7, 11) is 0. The number of piperidine rings is 2. The molecule has 0 amide bonds. The Labute approximate surface area is 137 Å². The Hall–Kier alpha value is -0.770. The van der Waals surface area contributed by atoms with Gasteiger partial charge in [0.05, 0.1) is 0 Å². The maximum absolute atomic E-state index is 4.92. The first-order valence-corrected chi connectivity index (χ1v) is 9.48. The summed E-state index contributed by atoms with van der Waals surface area (Å²) in [6, 6.07) is 0. The molecular formula is C18H36N4. The van der Waals surface area contributed by atoms with Gasteiger partial charge in [-0.3, -0.25) is 4.99 Å². The molecule has 2 aliphatic rings. The Morgan fingerprint density at radius 1 is 1.14 bits per heavy atom. The molecule has 0 aromatic heterocycles. The van der Waals surface area contributed by atoms with E-state index in [4.69, 9.17) is 4.99 Å². The minimum Gasteiger partial charge on any atom is -0.357 e.